The summed E-state index contributed by atoms with van der Waals surface area (Å²) < 4.78 is 18.1. The maximum absolute atomic E-state index is 13.0. The summed E-state index contributed by atoms with van der Waals surface area (Å²) in [7, 11) is 0. The van der Waals surface area contributed by atoms with Gasteiger partial charge in [-0.25, -0.2) is 9.18 Å². The highest BCUT2D eigenvalue weighted by atomic mass is 35.5. The van der Waals surface area contributed by atoms with E-state index in [1.165, 1.54) is 30.4 Å². The number of anilines is 1. The van der Waals surface area contributed by atoms with Gasteiger partial charge in [-0.1, -0.05) is 11.6 Å². The van der Waals surface area contributed by atoms with Crippen molar-refractivity contribution in [2.45, 2.75) is 26.9 Å². The Morgan fingerprint density at radius 2 is 2.00 bits per heavy atom. The zero-order chi connectivity index (χ0) is 17.1. The van der Waals surface area contributed by atoms with Gasteiger partial charge in [-0.3, -0.25) is 4.79 Å². The Labute approximate surface area is 142 Å². The molecule has 1 N–H and O–H groups in total. The van der Waals surface area contributed by atoms with Crippen molar-refractivity contribution < 1.29 is 18.7 Å². The Morgan fingerprint density at radius 3 is 2.57 bits per heavy atom. The minimum Gasteiger partial charge on any atom is -0.449 e. The third-order valence-electron chi connectivity index (χ3n) is 3.10. The average Bonchev–Trinajstić information content (AvgIpc) is 2.80. The fourth-order valence-electron chi connectivity index (χ4n) is 1.94. The molecule has 0 fully saturated rings. The third-order valence-corrected chi connectivity index (χ3v) is 4.38. The molecule has 23 heavy (non-hydrogen) atoms. The van der Waals surface area contributed by atoms with Gasteiger partial charge in [-0.05, 0) is 45.0 Å². The lowest BCUT2D eigenvalue weighted by atomic mass is 10.2. The number of thiophene rings is 1. The van der Waals surface area contributed by atoms with Gasteiger partial charge in [0.2, 0.25) is 0 Å². The Balaban J connectivity index is 2.02. The minimum atomic E-state index is -1.01. The summed E-state index contributed by atoms with van der Waals surface area (Å²) in [6, 6.07) is 5.33. The molecule has 2 aromatic rings. The summed E-state index contributed by atoms with van der Waals surface area (Å²) in [5.41, 5.74) is 0.704. The molecule has 122 valence electrons. The first kappa shape index (κ1) is 17.4. The Bertz CT molecular complexity index is 760. The predicted molar refractivity (Wildman–Crippen MR) is 88.7 cm³/mol. The fourth-order valence-corrected chi connectivity index (χ4v) is 3.06. The third kappa shape index (κ3) is 4.30. The summed E-state index contributed by atoms with van der Waals surface area (Å²) in [6.07, 6.45) is -1.01. The van der Waals surface area contributed by atoms with Gasteiger partial charge in [0.05, 0.1) is 16.3 Å². The van der Waals surface area contributed by atoms with Crippen LogP contribution < -0.4 is 5.32 Å². The number of nitrogens with one attached hydrogen (secondary N) is 1. The largest absolute Gasteiger partial charge is 0.449 e. The molecule has 0 aliphatic heterocycles. The molecule has 0 bridgehead atoms. The van der Waals surface area contributed by atoms with Gasteiger partial charge in [-0.15, -0.1) is 11.3 Å². The second-order valence-electron chi connectivity index (χ2n) is 4.99. The van der Waals surface area contributed by atoms with Crippen LogP contribution in [0.3, 0.4) is 0 Å². The van der Waals surface area contributed by atoms with Gasteiger partial charge in [0.1, 0.15) is 5.82 Å². The Hall–Kier alpha value is -1.92. The topological polar surface area (TPSA) is 55.4 Å². The number of hydrogen-bond donors (Lipinski definition) is 1. The summed E-state index contributed by atoms with van der Waals surface area (Å²) in [6.45, 7) is 5.16. The number of benzene rings is 1. The quantitative estimate of drug-likeness (QED) is 0.830. The van der Waals surface area contributed by atoms with Crippen molar-refractivity contribution >= 4 is 40.5 Å². The van der Waals surface area contributed by atoms with Crippen molar-refractivity contribution in [2.24, 2.45) is 0 Å². The smallest absolute Gasteiger partial charge is 0.340 e. The lowest BCUT2D eigenvalue weighted by molar-refractivity contribution is -0.123. The highest BCUT2D eigenvalue weighted by molar-refractivity contribution is 7.12. The van der Waals surface area contributed by atoms with Gasteiger partial charge in [0.15, 0.2) is 6.10 Å². The van der Waals surface area contributed by atoms with E-state index in [0.717, 1.165) is 15.8 Å². The molecule has 1 heterocycles. The van der Waals surface area contributed by atoms with Crippen LogP contribution in [0.15, 0.2) is 24.3 Å². The van der Waals surface area contributed by atoms with Crippen molar-refractivity contribution in [1.29, 1.82) is 0 Å². The van der Waals surface area contributed by atoms with Crippen LogP contribution >= 0.6 is 22.9 Å². The van der Waals surface area contributed by atoms with Gasteiger partial charge < -0.3 is 10.1 Å². The van der Waals surface area contributed by atoms with Gasteiger partial charge in [-0.2, -0.15) is 0 Å². The molecule has 7 heteroatoms. The van der Waals surface area contributed by atoms with Crippen LogP contribution in [-0.2, 0) is 9.53 Å². The Kier molecular flexibility index (Phi) is 5.38. The molecule has 4 nitrogen and oxygen atoms in total. The molecule has 0 spiro atoms. The van der Waals surface area contributed by atoms with E-state index < -0.39 is 23.8 Å². The first-order chi connectivity index (χ1) is 10.8. The van der Waals surface area contributed by atoms with E-state index in [-0.39, 0.29) is 10.7 Å². The first-order valence-corrected chi connectivity index (χ1v) is 8.01. The normalized spacial score (nSPS) is 11.9. The lowest BCUT2D eigenvalue weighted by Crippen LogP contribution is -2.30. The van der Waals surface area contributed by atoms with E-state index in [9.17, 15) is 14.0 Å². The maximum atomic E-state index is 13.0. The molecule has 0 unspecified atom stereocenters. The van der Waals surface area contributed by atoms with E-state index in [2.05, 4.69) is 5.32 Å². The number of halogens is 2. The summed E-state index contributed by atoms with van der Waals surface area (Å²) >= 11 is 7.33. The molecule has 1 amide bonds. The first-order valence-electron chi connectivity index (χ1n) is 6.82. The molecule has 1 aromatic heterocycles. The zero-order valence-electron chi connectivity index (χ0n) is 12.8. The summed E-state index contributed by atoms with van der Waals surface area (Å²) in [5.74, 6) is -1.60. The number of aryl methyl sites for hydroxylation is 2. The summed E-state index contributed by atoms with van der Waals surface area (Å²) in [5, 5.41) is 2.57. The number of esters is 1. The number of ether oxygens (including phenoxy) is 1. The van der Waals surface area contributed by atoms with Gasteiger partial charge >= 0.3 is 5.97 Å². The molecular formula is C16H15ClFNO3S. The van der Waals surface area contributed by atoms with Crippen molar-refractivity contribution in [3.63, 3.8) is 0 Å². The molecular weight excluding hydrogens is 341 g/mol. The van der Waals surface area contributed by atoms with Crippen molar-refractivity contribution in [3.05, 3.63) is 50.4 Å². The molecule has 0 aliphatic carbocycles. The monoisotopic (exact) mass is 355 g/mol. The number of carbonyl (C=O) groups is 2. The van der Waals surface area contributed by atoms with Crippen molar-refractivity contribution in [1.82, 2.24) is 0 Å². The number of carbonyl (C=O) groups excluding carboxylic acids is 2. The van der Waals surface area contributed by atoms with E-state index in [1.54, 1.807) is 6.07 Å². The standard InChI is InChI=1S/C16H15ClFNO3S/c1-8-6-12(10(3)23-8)16(21)22-9(2)15(20)19-14-5-4-11(18)7-13(14)17/h4-7,9H,1-3H3,(H,19,20)/t9-/m0/s1. The number of hydrogen-bond acceptors (Lipinski definition) is 4. The minimum absolute atomic E-state index is 0.0705. The fraction of sp³-hybridized carbons (Fsp3) is 0.250. The van der Waals surface area contributed by atoms with Gasteiger partial charge in [0.25, 0.3) is 5.91 Å². The van der Waals surface area contributed by atoms with E-state index in [0.29, 0.717) is 5.56 Å². The van der Waals surface area contributed by atoms with Crippen LogP contribution in [-0.4, -0.2) is 18.0 Å². The lowest BCUT2D eigenvalue weighted by Gasteiger charge is -2.14. The molecule has 0 radical (unpaired) electrons. The molecule has 0 saturated heterocycles. The number of rotatable bonds is 4. The highest BCUT2D eigenvalue weighted by Gasteiger charge is 2.21. The maximum Gasteiger partial charge on any atom is 0.340 e. The highest BCUT2D eigenvalue weighted by Crippen LogP contribution is 2.24. The summed E-state index contributed by atoms with van der Waals surface area (Å²) in [4.78, 5) is 26.0. The van der Waals surface area contributed by atoms with Crippen LogP contribution in [0.4, 0.5) is 10.1 Å². The van der Waals surface area contributed by atoms with Crippen LogP contribution in [0.25, 0.3) is 0 Å². The molecule has 0 aliphatic rings. The zero-order valence-corrected chi connectivity index (χ0v) is 14.3. The molecule has 1 aromatic carbocycles. The SMILES string of the molecule is Cc1cc(C(=O)O[C@@H](C)C(=O)Nc2ccc(F)cc2Cl)c(C)s1. The molecule has 2 rings (SSSR count). The molecule has 0 saturated carbocycles. The number of amides is 1. The van der Waals surface area contributed by atoms with Gasteiger partial charge in [0, 0.05) is 9.75 Å². The van der Waals surface area contributed by atoms with Crippen molar-refractivity contribution in [2.75, 3.05) is 5.32 Å². The van der Waals surface area contributed by atoms with Crippen LogP contribution in [0.5, 0.6) is 0 Å². The van der Waals surface area contributed by atoms with E-state index >= 15 is 0 Å². The van der Waals surface area contributed by atoms with Crippen molar-refractivity contribution in [3.8, 4) is 0 Å². The van der Waals surface area contributed by atoms with E-state index in [4.69, 9.17) is 16.3 Å². The Morgan fingerprint density at radius 1 is 1.30 bits per heavy atom. The van der Waals surface area contributed by atoms with Crippen LogP contribution in [0.2, 0.25) is 5.02 Å². The second kappa shape index (κ2) is 7.10. The van der Waals surface area contributed by atoms with Crippen LogP contribution in [0.1, 0.15) is 27.0 Å². The van der Waals surface area contributed by atoms with E-state index in [1.807, 2.05) is 13.8 Å². The predicted octanol–water partition coefficient (Wildman–Crippen LogP) is 4.34. The second-order valence-corrected chi connectivity index (χ2v) is 6.86. The van der Waals surface area contributed by atoms with Crippen LogP contribution in [0, 0.1) is 19.7 Å². The average molecular weight is 356 g/mol. The molecule has 1 atom stereocenters.